The molecule has 0 amide bonds. The SMILES string of the molecule is CNC(Cc1ccncc1Cl)c1ccc(F)cc1F. The second kappa shape index (κ2) is 6.08. The Balaban J connectivity index is 2.28. The lowest BCUT2D eigenvalue weighted by atomic mass is 9.99. The number of halogens is 3. The number of likely N-dealkylation sites (N-methyl/N-ethyl adjacent to an activating group) is 1. The maximum absolute atomic E-state index is 13.8. The summed E-state index contributed by atoms with van der Waals surface area (Å²) in [5.41, 5.74) is 1.27. The first-order chi connectivity index (χ1) is 9.11. The topological polar surface area (TPSA) is 24.9 Å². The van der Waals surface area contributed by atoms with Crippen molar-refractivity contribution in [1.82, 2.24) is 10.3 Å². The van der Waals surface area contributed by atoms with Crippen molar-refractivity contribution < 1.29 is 8.78 Å². The Hall–Kier alpha value is -1.52. The minimum atomic E-state index is -0.585. The Morgan fingerprint density at radius 2 is 2.11 bits per heavy atom. The summed E-state index contributed by atoms with van der Waals surface area (Å²) < 4.78 is 26.7. The first-order valence-corrected chi connectivity index (χ1v) is 6.20. The summed E-state index contributed by atoms with van der Waals surface area (Å²) in [6, 6.07) is 5.08. The molecule has 0 spiro atoms. The van der Waals surface area contributed by atoms with Crippen LogP contribution in [0.3, 0.4) is 0 Å². The zero-order valence-corrected chi connectivity index (χ0v) is 11.1. The predicted octanol–water partition coefficient (Wildman–Crippen LogP) is 3.52. The molecule has 2 nitrogen and oxygen atoms in total. The summed E-state index contributed by atoms with van der Waals surface area (Å²) in [7, 11) is 1.72. The molecule has 1 aromatic carbocycles. The molecule has 1 atom stereocenters. The van der Waals surface area contributed by atoms with Gasteiger partial charge in [0.15, 0.2) is 0 Å². The van der Waals surface area contributed by atoms with Crippen LogP contribution in [0.15, 0.2) is 36.7 Å². The van der Waals surface area contributed by atoms with E-state index >= 15 is 0 Å². The third-order valence-corrected chi connectivity index (χ3v) is 3.31. The van der Waals surface area contributed by atoms with Gasteiger partial charge in [0.05, 0.1) is 5.02 Å². The van der Waals surface area contributed by atoms with Gasteiger partial charge in [0.1, 0.15) is 11.6 Å². The number of benzene rings is 1. The normalized spacial score (nSPS) is 12.4. The van der Waals surface area contributed by atoms with Gasteiger partial charge in [-0.3, -0.25) is 4.98 Å². The average molecular weight is 283 g/mol. The summed E-state index contributed by atoms with van der Waals surface area (Å²) in [5.74, 6) is -1.15. The summed E-state index contributed by atoms with van der Waals surface area (Å²) in [6.45, 7) is 0. The van der Waals surface area contributed by atoms with Crippen LogP contribution in [-0.4, -0.2) is 12.0 Å². The maximum atomic E-state index is 13.8. The molecule has 100 valence electrons. The fraction of sp³-hybridized carbons (Fsp3) is 0.214. The van der Waals surface area contributed by atoms with Crippen LogP contribution in [0.5, 0.6) is 0 Å². The fourth-order valence-corrected chi connectivity index (χ4v) is 2.14. The van der Waals surface area contributed by atoms with Crippen molar-refractivity contribution in [1.29, 1.82) is 0 Å². The standard InChI is InChI=1S/C14H13ClF2N2/c1-18-14(6-9-4-5-19-8-12(9)15)11-3-2-10(16)7-13(11)17/h2-5,7-8,14,18H,6H2,1H3. The largest absolute Gasteiger partial charge is 0.313 e. The van der Waals surface area contributed by atoms with E-state index in [1.165, 1.54) is 12.1 Å². The fourth-order valence-electron chi connectivity index (χ4n) is 1.94. The van der Waals surface area contributed by atoms with E-state index in [1.54, 1.807) is 25.5 Å². The molecule has 1 unspecified atom stereocenters. The molecule has 0 saturated heterocycles. The minimum Gasteiger partial charge on any atom is -0.313 e. The second-order valence-corrected chi connectivity index (χ2v) is 4.59. The molecule has 2 aromatic rings. The van der Waals surface area contributed by atoms with Gasteiger partial charge in [-0.1, -0.05) is 17.7 Å². The van der Waals surface area contributed by atoms with Crippen molar-refractivity contribution in [2.24, 2.45) is 0 Å². The van der Waals surface area contributed by atoms with E-state index in [9.17, 15) is 8.78 Å². The van der Waals surface area contributed by atoms with E-state index in [0.717, 1.165) is 11.6 Å². The van der Waals surface area contributed by atoms with E-state index < -0.39 is 11.6 Å². The van der Waals surface area contributed by atoms with Crippen LogP contribution >= 0.6 is 11.6 Å². The number of nitrogens with zero attached hydrogens (tertiary/aromatic N) is 1. The molecule has 0 aliphatic carbocycles. The summed E-state index contributed by atoms with van der Waals surface area (Å²) in [4.78, 5) is 3.90. The molecule has 1 aromatic heterocycles. The molecule has 0 fully saturated rings. The van der Waals surface area contributed by atoms with Crippen LogP contribution in [-0.2, 0) is 6.42 Å². The quantitative estimate of drug-likeness (QED) is 0.928. The summed E-state index contributed by atoms with van der Waals surface area (Å²) in [5, 5.41) is 3.55. The zero-order chi connectivity index (χ0) is 13.8. The summed E-state index contributed by atoms with van der Waals surface area (Å²) >= 11 is 6.03. The highest BCUT2D eigenvalue weighted by molar-refractivity contribution is 6.31. The number of hydrogen-bond acceptors (Lipinski definition) is 2. The van der Waals surface area contributed by atoms with Crippen molar-refractivity contribution in [2.45, 2.75) is 12.5 Å². The molecule has 0 aliphatic rings. The van der Waals surface area contributed by atoms with Crippen LogP contribution in [0.1, 0.15) is 17.2 Å². The molecule has 5 heteroatoms. The molecular formula is C14H13ClF2N2. The highest BCUT2D eigenvalue weighted by Crippen LogP contribution is 2.24. The average Bonchev–Trinajstić information content (AvgIpc) is 2.39. The lowest BCUT2D eigenvalue weighted by molar-refractivity contribution is 0.521. The molecule has 2 rings (SSSR count). The van der Waals surface area contributed by atoms with Crippen molar-refractivity contribution in [2.75, 3.05) is 7.05 Å². The van der Waals surface area contributed by atoms with Crippen LogP contribution < -0.4 is 5.32 Å². The highest BCUT2D eigenvalue weighted by atomic mass is 35.5. The Morgan fingerprint density at radius 1 is 1.32 bits per heavy atom. The zero-order valence-electron chi connectivity index (χ0n) is 10.3. The van der Waals surface area contributed by atoms with Gasteiger partial charge in [0, 0.05) is 30.1 Å². The number of pyridine rings is 1. The monoisotopic (exact) mass is 282 g/mol. The van der Waals surface area contributed by atoms with Gasteiger partial charge in [-0.05, 0) is 31.2 Å². The van der Waals surface area contributed by atoms with Gasteiger partial charge in [-0.2, -0.15) is 0 Å². The van der Waals surface area contributed by atoms with Gasteiger partial charge in [0.25, 0.3) is 0 Å². The molecule has 1 N–H and O–H groups in total. The Kier molecular flexibility index (Phi) is 4.45. The maximum Gasteiger partial charge on any atom is 0.130 e. The highest BCUT2D eigenvalue weighted by Gasteiger charge is 2.16. The second-order valence-electron chi connectivity index (χ2n) is 4.18. The van der Waals surface area contributed by atoms with E-state index in [-0.39, 0.29) is 6.04 Å². The van der Waals surface area contributed by atoms with E-state index in [4.69, 9.17) is 11.6 Å². The van der Waals surface area contributed by atoms with Crippen LogP contribution in [0.25, 0.3) is 0 Å². The van der Waals surface area contributed by atoms with E-state index in [2.05, 4.69) is 10.3 Å². The van der Waals surface area contributed by atoms with Crippen LogP contribution in [0.4, 0.5) is 8.78 Å². The number of hydrogen-bond donors (Lipinski definition) is 1. The number of aromatic nitrogens is 1. The lowest BCUT2D eigenvalue weighted by Crippen LogP contribution is -2.20. The Bertz CT molecular complexity index is 575. The van der Waals surface area contributed by atoms with Crippen LogP contribution in [0, 0.1) is 11.6 Å². The number of rotatable bonds is 4. The first-order valence-electron chi connectivity index (χ1n) is 5.82. The first kappa shape index (κ1) is 13.9. The number of nitrogens with one attached hydrogen (secondary N) is 1. The minimum absolute atomic E-state index is 0.277. The lowest BCUT2D eigenvalue weighted by Gasteiger charge is -2.18. The molecule has 1 heterocycles. The van der Waals surface area contributed by atoms with Gasteiger partial charge < -0.3 is 5.32 Å². The third kappa shape index (κ3) is 3.28. The van der Waals surface area contributed by atoms with Crippen molar-refractivity contribution >= 4 is 11.6 Å². The molecule has 0 aliphatic heterocycles. The smallest absolute Gasteiger partial charge is 0.130 e. The molecule has 19 heavy (non-hydrogen) atoms. The van der Waals surface area contributed by atoms with Gasteiger partial charge in [-0.15, -0.1) is 0 Å². The van der Waals surface area contributed by atoms with E-state index in [0.29, 0.717) is 17.0 Å². The molecule has 0 saturated carbocycles. The predicted molar refractivity (Wildman–Crippen MR) is 71.1 cm³/mol. The molecular weight excluding hydrogens is 270 g/mol. The van der Waals surface area contributed by atoms with Gasteiger partial charge >= 0.3 is 0 Å². The third-order valence-electron chi connectivity index (χ3n) is 2.97. The van der Waals surface area contributed by atoms with Crippen molar-refractivity contribution in [3.8, 4) is 0 Å². The summed E-state index contributed by atoms with van der Waals surface area (Å²) in [6.07, 6.45) is 3.68. The van der Waals surface area contributed by atoms with Crippen LogP contribution in [0.2, 0.25) is 5.02 Å². The van der Waals surface area contributed by atoms with Crippen molar-refractivity contribution in [3.63, 3.8) is 0 Å². The van der Waals surface area contributed by atoms with Gasteiger partial charge in [-0.25, -0.2) is 8.78 Å². The molecule has 0 bridgehead atoms. The van der Waals surface area contributed by atoms with Crippen molar-refractivity contribution in [3.05, 3.63) is 64.4 Å². The Morgan fingerprint density at radius 3 is 2.74 bits per heavy atom. The van der Waals surface area contributed by atoms with Gasteiger partial charge in [0.2, 0.25) is 0 Å². The molecule has 0 radical (unpaired) electrons. The Labute approximate surface area is 115 Å². The van der Waals surface area contributed by atoms with E-state index in [1.807, 2.05) is 0 Å².